The van der Waals surface area contributed by atoms with Crippen LogP contribution in [-0.4, -0.2) is 39.5 Å². The number of carboxylic acid groups (broad SMARTS) is 1. The quantitative estimate of drug-likeness (QED) is 0.517. The minimum absolute atomic E-state index is 0.117. The number of nitrogens with two attached hydrogens (primary N) is 1. The number of rotatable bonds is 6. The fourth-order valence-electron chi connectivity index (χ4n) is 1.39. The minimum atomic E-state index is -1.08. The number of nitrogens with one attached hydrogen (secondary N) is 2. The number of carbonyl (C=O) groups is 2. The summed E-state index contributed by atoms with van der Waals surface area (Å²) in [6, 6.07) is -0.964. The van der Waals surface area contributed by atoms with E-state index in [2.05, 4.69) is 15.3 Å². The molecule has 0 aliphatic rings. The van der Waals surface area contributed by atoms with Crippen molar-refractivity contribution >= 4 is 11.9 Å². The molecule has 0 aromatic carbocycles. The van der Waals surface area contributed by atoms with Crippen molar-refractivity contribution in [3.63, 3.8) is 0 Å². The average Bonchev–Trinajstić information content (AvgIpc) is 2.63. The van der Waals surface area contributed by atoms with Crippen LogP contribution in [0.25, 0.3) is 0 Å². The van der Waals surface area contributed by atoms with Gasteiger partial charge in [0.15, 0.2) is 0 Å². The average molecular weight is 240 g/mol. The molecule has 94 valence electrons. The van der Waals surface area contributed by atoms with Gasteiger partial charge in [0.1, 0.15) is 11.9 Å². The summed E-state index contributed by atoms with van der Waals surface area (Å²) in [5.41, 5.74) is 5.88. The monoisotopic (exact) mass is 240 g/mol. The zero-order chi connectivity index (χ0) is 12.8. The summed E-state index contributed by atoms with van der Waals surface area (Å²) in [4.78, 5) is 29.1. The van der Waals surface area contributed by atoms with E-state index in [0.717, 1.165) is 0 Å². The fourth-order valence-corrected chi connectivity index (χ4v) is 1.39. The molecule has 0 saturated heterocycles. The van der Waals surface area contributed by atoms with Crippen LogP contribution in [0.15, 0.2) is 6.20 Å². The SMILES string of the molecule is Cc1ncc(CC(NC(=O)CCN)C(=O)O)[nH]1. The smallest absolute Gasteiger partial charge is 0.326 e. The highest BCUT2D eigenvalue weighted by Crippen LogP contribution is 2.01. The normalized spacial score (nSPS) is 12.1. The molecule has 1 aromatic rings. The Labute approximate surface area is 98.4 Å². The third-order valence-electron chi connectivity index (χ3n) is 2.18. The number of aromatic amines is 1. The Morgan fingerprint density at radius 3 is 2.82 bits per heavy atom. The van der Waals surface area contributed by atoms with Crippen LogP contribution in [0.5, 0.6) is 0 Å². The summed E-state index contributed by atoms with van der Waals surface area (Å²) in [6.07, 6.45) is 1.85. The van der Waals surface area contributed by atoms with E-state index < -0.39 is 12.0 Å². The van der Waals surface area contributed by atoms with Gasteiger partial charge in [0, 0.05) is 31.3 Å². The van der Waals surface area contributed by atoms with Gasteiger partial charge in [0.25, 0.3) is 0 Å². The Morgan fingerprint density at radius 2 is 2.35 bits per heavy atom. The van der Waals surface area contributed by atoms with Gasteiger partial charge >= 0.3 is 5.97 Å². The van der Waals surface area contributed by atoms with Crippen LogP contribution in [0, 0.1) is 6.92 Å². The summed E-state index contributed by atoms with van der Waals surface area (Å²) in [5, 5.41) is 11.4. The molecule has 1 heterocycles. The lowest BCUT2D eigenvalue weighted by atomic mass is 10.1. The predicted octanol–water partition coefficient (Wildman–Crippen LogP) is -0.821. The molecule has 1 rings (SSSR count). The number of carbonyl (C=O) groups excluding carboxylic acids is 1. The summed E-state index contributed by atoms with van der Waals surface area (Å²) in [6.45, 7) is 1.97. The van der Waals surface area contributed by atoms with Crippen molar-refractivity contribution in [2.75, 3.05) is 6.54 Å². The molecule has 17 heavy (non-hydrogen) atoms. The molecule has 1 atom stereocenters. The number of carboxylic acids is 1. The highest BCUT2D eigenvalue weighted by molar-refractivity contribution is 5.83. The van der Waals surface area contributed by atoms with Gasteiger partial charge in [-0.3, -0.25) is 4.79 Å². The predicted molar refractivity (Wildman–Crippen MR) is 60.3 cm³/mol. The highest BCUT2D eigenvalue weighted by atomic mass is 16.4. The number of imidazole rings is 1. The molecule has 7 heteroatoms. The molecule has 5 N–H and O–H groups in total. The van der Waals surface area contributed by atoms with Crippen molar-refractivity contribution in [3.05, 3.63) is 17.7 Å². The second kappa shape index (κ2) is 6.00. The number of nitrogens with zero attached hydrogens (tertiary/aromatic N) is 1. The topological polar surface area (TPSA) is 121 Å². The minimum Gasteiger partial charge on any atom is -0.480 e. The largest absolute Gasteiger partial charge is 0.480 e. The second-order valence-corrected chi connectivity index (χ2v) is 3.69. The fraction of sp³-hybridized carbons (Fsp3) is 0.500. The Morgan fingerprint density at radius 1 is 1.65 bits per heavy atom. The van der Waals surface area contributed by atoms with E-state index in [1.807, 2.05) is 0 Å². The maximum atomic E-state index is 11.3. The molecule has 0 radical (unpaired) electrons. The number of hydrogen-bond acceptors (Lipinski definition) is 4. The number of amides is 1. The van der Waals surface area contributed by atoms with Gasteiger partial charge < -0.3 is 21.1 Å². The van der Waals surface area contributed by atoms with Crippen LogP contribution in [0.2, 0.25) is 0 Å². The highest BCUT2D eigenvalue weighted by Gasteiger charge is 2.20. The van der Waals surface area contributed by atoms with Gasteiger partial charge in [-0.1, -0.05) is 0 Å². The van der Waals surface area contributed by atoms with Gasteiger partial charge in [0.05, 0.1) is 0 Å². The molecule has 0 fully saturated rings. The molecule has 1 amide bonds. The molecular formula is C10H16N4O3. The molecule has 0 spiro atoms. The molecule has 0 aliphatic carbocycles. The van der Waals surface area contributed by atoms with E-state index in [4.69, 9.17) is 10.8 Å². The summed E-state index contributed by atoms with van der Waals surface area (Å²) in [5.74, 6) is -0.740. The number of aryl methyl sites for hydroxylation is 1. The van der Waals surface area contributed by atoms with Gasteiger partial charge in [-0.05, 0) is 6.92 Å². The first-order valence-corrected chi connectivity index (χ1v) is 5.25. The number of aliphatic carboxylic acids is 1. The zero-order valence-electron chi connectivity index (χ0n) is 9.56. The van der Waals surface area contributed by atoms with E-state index in [9.17, 15) is 9.59 Å². The molecular weight excluding hydrogens is 224 g/mol. The lowest BCUT2D eigenvalue weighted by Crippen LogP contribution is -2.42. The molecule has 1 unspecified atom stereocenters. The van der Waals surface area contributed by atoms with E-state index in [-0.39, 0.29) is 25.3 Å². The van der Waals surface area contributed by atoms with Crippen molar-refractivity contribution in [1.82, 2.24) is 15.3 Å². The molecule has 0 saturated carbocycles. The van der Waals surface area contributed by atoms with Crippen molar-refractivity contribution in [2.24, 2.45) is 5.73 Å². The van der Waals surface area contributed by atoms with E-state index in [0.29, 0.717) is 11.5 Å². The molecule has 0 aliphatic heterocycles. The van der Waals surface area contributed by atoms with Crippen LogP contribution in [0.4, 0.5) is 0 Å². The van der Waals surface area contributed by atoms with Crippen molar-refractivity contribution < 1.29 is 14.7 Å². The number of hydrogen-bond donors (Lipinski definition) is 4. The zero-order valence-corrected chi connectivity index (χ0v) is 9.56. The van der Waals surface area contributed by atoms with Crippen LogP contribution >= 0.6 is 0 Å². The van der Waals surface area contributed by atoms with E-state index in [1.54, 1.807) is 13.1 Å². The van der Waals surface area contributed by atoms with Gasteiger partial charge in [0.2, 0.25) is 5.91 Å². The van der Waals surface area contributed by atoms with Crippen molar-refractivity contribution in [3.8, 4) is 0 Å². The molecule has 7 nitrogen and oxygen atoms in total. The van der Waals surface area contributed by atoms with Gasteiger partial charge in [-0.25, -0.2) is 9.78 Å². The van der Waals surface area contributed by atoms with Crippen molar-refractivity contribution in [2.45, 2.75) is 25.8 Å². The third kappa shape index (κ3) is 4.23. The molecule has 1 aromatic heterocycles. The van der Waals surface area contributed by atoms with E-state index in [1.165, 1.54) is 0 Å². The first-order chi connectivity index (χ1) is 8.02. The van der Waals surface area contributed by atoms with Crippen molar-refractivity contribution in [1.29, 1.82) is 0 Å². The van der Waals surface area contributed by atoms with Crippen LogP contribution in [0.3, 0.4) is 0 Å². The Kier molecular flexibility index (Phi) is 4.65. The maximum Gasteiger partial charge on any atom is 0.326 e. The van der Waals surface area contributed by atoms with Crippen LogP contribution in [0.1, 0.15) is 17.9 Å². The summed E-state index contributed by atoms with van der Waals surface area (Å²) < 4.78 is 0. The summed E-state index contributed by atoms with van der Waals surface area (Å²) in [7, 11) is 0. The second-order valence-electron chi connectivity index (χ2n) is 3.69. The van der Waals surface area contributed by atoms with Gasteiger partial charge in [-0.2, -0.15) is 0 Å². The standard InChI is InChI=1S/C10H16N4O3/c1-6-12-5-7(13-6)4-8(10(16)17)14-9(15)2-3-11/h5,8H,2-4,11H2,1H3,(H,12,13)(H,14,15)(H,16,17). The Balaban J connectivity index is 2.60. The first kappa shape index (κ1) is 13.2. The number of aromatic nitrogens is 2. The lowest BCUT2D eigenvalue weighted by molar-refractivity contribution is -0.141. The summed E-state index contributed by atoms with van der Waals surface area (Å²) >= 11 is 0. The first-order valence-electron chi connectivity index (χ1n) is 5.25. The third-order valence-corrected chi connectivity index (χ3v) is 2.18. The van der Waals surface area contributed by atoms with E-state index >= 15 is 0 Å². The number of H-pyrrole nitrogens is 1. The van der Waals surface area contributed by atoms with Crippen LogP contribution < -0.4 is 11.1 Å². The van der Waals surface area contributed by atoms with Crippen LogP contribution in [-0.2, 0) is 16.0 Å². The maximum absolute atomic E-state index is 11.3. The Bertz CT molecular complexity index is 402. The lowest BCUT2D eigenvalue weighted by Gasteiger charge is -2.13. The molecule has 0 bridgehead atoms. The Hall–Kier alpha value is -1.89. The van der Waals surface area contributed by atoms with Gasteiger partial charge in [-0.15, -0.1) is 0 Å².